The SMILES string of the molecule is NCCCCCCC(=O)NC(CC(=O)O)c1ccccc1. The van der Waals surface area contributed by atoms with Crippen LogP contribution in [-0.2, 0) is 9.59 Å². The summed E-state index contributed by atoms with van der Waals surface area (Å²) < 4.78 is 0. The standard InChI is InChI=1S/C16H24N2O3/c17-11-7-2-1-6-10-15(19)18-14(12-16(20)21)13-8-4-3-5-9-13/h3-5,8-9,14H,1-2,6-7,10-12,17H2,(H,18,19)(H,20,21). The van der Waals surface area contributed by atoms with E-state index in [2.05, 4.69) is 5.32 Å². The first-order chi connectivity index (χ1) is 10.1. The van der Waals surface area contributed by atoms with E-state index in [1.165, 1.54) is 0 Å². The fourth-order valence-corrected chi connectivity index (χ4v) is 2.16. The highest BCUT2D eigenvalue weighted by atomic mass is 16.4. The molecule has 1 amide bonds. The Kier molecular flexibility index (Phi) is 8.12. The number of carboxylic acids is 1. The van der Waals surface area contributed by atoms with Gasteiger partial charge in [-0.2, -0.15) is 0 Å². The summed E-state index contributed by atoms with van der Waals surface area (Å²) >= 11 is 0. The molecule has 1 aromatic carbocycles. The quantitative estimate of drug-likeness (QED) is 0.577. The van der Waals surface area contributed by atoms with Gasteiger partial charge in [0, 0.05) is 6.42 Å². The van der Waals surface area contributed by atoms with Crippen LogP contribution in [0.2, 0.25) is 0 Å². The zero-order chi connectivity index (χ0) is 15.5. The number of rotatable bonds is 10. The Bertz CT molecular complexity index is 434. The Morgan fingerprint density at radius 3 is 2.38 bits per heavy atom. The highest BCUT2D eigenvalue weighted by Crippen LogP contribution is 2.17. The van der Waals surface area contributed by atoms with Crippen molar-refractivity contribution >= 4 is 11.9 Å². The summed E-state index contributed by atoms with van der Waals surface area (Å²) in [7, 11) is 0. The van der Waals surface area contributed by atoms with E-state index in [0.717, 1.165) is 31.2 Å². The van der Waals surface area contributed by atoms with E-state index in [1.807, 2.05) is 30.3 Å². The second kappa shape index (κ2) is 9.94. The smallest absolute Gasteiger partial charge is 0.305 e. The molecule has 0 aliphatic heterocycles. The monoisotopic (exact) mass is 292 g/mol. The van der Waals surface area contributed by atoms with Crippen LogP contribution in [0, 0.1) is 0 Å². The Labute approximate surface area is 125 Å². The number of aliphatic carboxylic acids is 1. The van der Waals surface area contributed by atoms with Gasteiger partial charge >= 0.3 is 5.97 Å². The third-order valence-electron chi connectivity index (χ3n) is 3.27. The van der Waals surface area contributed by atoms with Crippen LogP contribution in [0.1, 0.15) is 50.1 Å². The number of carboxylic acid groups (broad SMARTS) is 1. The van der Waals surface area contributed by atoms with Gasteiger partial charge in [-0.1, -0.05) is 43.2 Å². The zero-order valence-corrected chi connectivity index (χ0v) is 12.3. The molecule has 0 heterocycles. The van der Waals surface area contributed by atoms with Crippen LogP contribution in [-0.4, -0.2) is 23.5 Å². The molecule has 0 aliphatic carbocycles. The minimum atomic E-state index is -0.924. The van der Waals surface area contributed by atoms with Crippen molar-refractivity contribution in [2.45, 2.75) is 44.6 Å². The molecule has 5 nitrogen and oxygen atoms in total. The van der Waals surface area contributed by atoms with Gasteiger partial charge in [0.2, 0.25) is 5.91 Å². The average Bonchev–Trinajstić information content (AvgIpc) is 2.47. The maximum atomic E-state index is 11.9. The summed E-state index contributed by atoms with van der Waals surface area (Å²) in [5.41, 5.74) is 6.23. The number of unbranched alkanes of at least 4 members (excludes halogenated alkanes) is 3. The van der Waals surface area contributed by atoms with E-state index in [-0.39, 0.29) is 12.3 Å². The molecule has 0 bridgehead atoms. The summed E-state index contributed by atoms with van der Waals surface area (Å²) in [4.78, 5) is 22.8. The molecule has 1 atom stereocenters. The van der Waals surface area contributed by atoms with Crippen LogP contribution in [0.5, 0.6) is 0 Å². The van der Waals surface area contributed by atoms with Gasteiger partial charge in [-0.25, -0.2) is 0 Å². The van der Waals surface area contributed by atoms with Gasteiger partial charge in [0.1, 0.15) is 0 Å². The van der Waals surface area contributed by atoms with Crippen molar-refractivity contribution < 1.29 is 14.7 Å². The number of hydrogen-bond acceptors (Lipinski definition) is 3. The van der Waals surface area contributed by atoms with Gasteiger partial charge in [0.25, 0.3) is 0 Å². The Morgan fingerprint density at radius 2 is 1.76 bits per heavy atom. The molecule has 21 heavy (non-hydrogen) atoms. The number of hydrogen-bond donors (Lipinski definition) is 3. The first-order valence-electron chi connectivity index (χ1n) is 7.39. The van der Waals surface area contributed by atoms with Crippen molar-refractivity contribution in [3.8, 4) is 0 Å². The third kappa shape index (κ3) is 7.46. The van der Waals surface area contributed by atoms with E-state index in [9.17, 15) is 9.59 Å². The largest absolute Gasteiger partial charge is 0.481 e. The van der Waals surface area contributed by atoms with E-state index in [4.69, 9.17) is 10.8 Å². The van der Waals surface area contributed by atoms with Crippen LogP contribution in [0.4, 0.5) is 0 Å². The summed E-state index contributed by atoms with van der Waals surface area (Å²) in [6, 6.07) is 8.72. The molecule has 0 fully saturated rings. The van der Waals surface area contributed by atoms with Crippen molar-refractivity contribution in [2.24, 2.45) is 5.73 Å². The molecule has 0 saturated carbocycles. The molecule has 1 aromatic rings. The molecule has 1 unspecified atom stereocenters. The van der Waals surface area contributed by atoms with Gasteiger partial charge < -0.3 is 16.2 Å². The van der Waals surface area contributed by atoms with Crippen molar-refractivity contribution in [2.75, 3.05) is 6.54 Å². The first-order valence-corrected chi connectivity index (χ1v) is 7.39. The average molecular weight is 292 g/mol. The number of carbonyl (C=O) groups is 2. The van der Waals surface area contributed by atoms with Crippen molar-refractivity contribution in [1.82, 2.24) is 5.32 Å². The first kappa shape index (κ1) is 17.2. The van der Waals surface area contributed by atoms with Crippen molar-refractivity contribution in [3.05, 3.63) is 35.9 Å². The second-order valence-electron chi connectivity index (χ2n) is 5.08. The Hall–Kier alpha value is -1.88. The van der Waals surface area contributed by atoms with Crippen molar-refractivity contribution in [3.63, 3.8) is 0 Å². The lowest BCUT2D eigenvalue weighted by molar-refractivity contribution is -0.137. The van der Waals surface area contributed by atoms with Gasteiger partial charge in [0.05, 0.1) is 12.5 Å². The van der Waals surface area contributed by atoms with Gasteiger partial charge in [-0.3, -0.25) is 9.59 Å². The van der Waals surface area contributed by atoms with E-state index < -0.39 is 12.0 Å². The highest BCUT2D eigenvalue weighted by molar-refractivity contribution is 5.77. The van der Waals surface area contributed by atoms with Crippen LogP contribution in [0.3, 0.4) is 0 Å². The number of benzene rings is 1. The molecule has 0 aromatic heterocycles. The fraction of sp³-hybridized carbons (Fsp3) is 0.500. The van der Waals surface area contributed by atoms with E-state index >= 15 is 0 Å². The third-order valence-corrected chi connectivity index (χ3v) is 3.27. The minimum absolute atomic E-state index is 0.0992. The lowest BCUT2D eigenvalue weighted by Crippen LogP contribution is -2.29. The molecule has 0 radical (unpaired) electrons. The van der Waals surface area contributed by atoms with Gasteiger partial charge in [-0.05, 0) is 24.9 Å². The van der Waals surface area contributed by atoms with Gasteiger partial charge in [-0.15, -0.1) is 0 Å². The maximum Gasteiger partial charge on any atom is 0.305 e. The maximum absolute atomic E-state index is 11.9. The van der Waals surface area contributed by atoms with Crippen LogP contribution in [0.25, 0.3) is 0 Å². The van der Waals surface area contributed by atoms with Crippen LogP contribution in [0.15, 0.2) is 30.3 Å². The topological polar surface area (TPSA) is 92.4 Å². The molecule has 0 spiro atoms. The second-order valence-corrected chi connectivity index (χ2v) is 5.08. The van der Waals surface area contributed by atoms with E-state index in [0.29, 0.717) is 13.0 Å². The van der Waals surface area contributed by atoms with Gasteiger partial charge in [0.15, 0.2) is 0 Å². The molecule has 0 saturated heterocycles. The molecular formula is C16H24N2O3. The predicted octanol–water partition coefficient (Wildman–Crippen LogP) is 2.23. The normalized spacial score (nSPS) is 11.9. The zero-order valence-electron chi connectivity index (χ0n) is 12.3. The molecule has 5 heteroatoms. The number of amides is 1. The Morgan fingerprint density at radius 1 is 1.10 bits per heavy atom. The van der Waals surface area contributed by atoms with Crippen LogP contribution >= 0.6 is 0 Å². The summed E-state index contributed by atoms with van der Waals surface area (Å²) in [5, 5.41) is 11.8. The number of carbonyl (C=O) groups excluding carboxylic acids is 1. The molecule has 4 N–H and O–H groups in total. The lowest BCUT2D eigenvalue weighted by Gasteiger charge is -2.17. The summed E-state index contributed by atoms with van der Waals surface area (Å²) in [5.74, 6) is -1.02. The minimum Gasteiger partial charge on any atom is -0.481 e. The molecule has 1 rings (SSSR count). The Balaban J connectivity index is 2.45. The molecular weight excluding hydrogens is 268 g/mol. The summed E-state index contributed by atoms with van der Waals surface area (Å²) in [6.07, 6.45) is 4.10. The lowest BCUT2D eigenvalue weighted by atomic mass is 10.0. The number of nitrogens with two attached hydrogens (primary N) is 1. The number of nitrogens with one attached hydrogen (secondary N) is 1. The van der Waals surface area contributed by atoms with Crippen molar-refractivity contribution in [1.29, 1.82) is 0 Å². The molecule has 116 valence electrons. The van der Waals surface area contributed by atoms with E-state index in [1.54, 1.807) is 0 Å². The molecule has 0 aliphatic rings. The van der Waals surface area contributed by atoms with Crippen LogP contribution < -0.4 is 11.1 Å². The predicted molar refractivity (Wildman–Crippen MR) is 81.7 cm³/mol. The summed E-state index contributed by atoms with van der Waals surface area (Å²) in [6.45, 7) is 0.681. The fourth-order valence-electron chi connectivity index (χ4n) is 2.16. The highest BCUT2D eigenvalue weighted by Gasteiger charge is 2.17.